The largest absolute Gasteiger partial charge is 0.490 e. The number of nitrogens with zero attached hydrogens (tertiary/aromatic N) is 2. The molecule has 5 N–H and O–H groups in total. The summed E-state index contributed by atoms with van der Waals surface area (Å²) in [5.41, 5.74) is 8.18. The number of aliphatic hydroxyl groups is 1. The standard InChI is InChI=1S/C26H25ClN4O3.C2HF3O2/c27-18-8-7-16(13-28)17(12-18)14-30-24(32)23-6-3-11-31(23)25(33)26(34)21-5-2-1-4-19(21)20-9-10-29-15-22(20)26;3-2(4,5)1(6)7/h1-2,4-5,7-10,12,15,23,34H,3,6,11,13-14,28H2,(H,30,32);(H,6,7)/t23-,26?;/m0./s1. The SMILES string of the molecule is NCc1ccc(Cl)cc1CNC(=O)[C@@H]1CCCN1C(=O)C1(O)c2ccccc2-c2ccncc21.O=C(O)C(F)(F)F. The smallest absolute Gasteiger partial charge is 0.475 e. The van der Waals surface area contributed by atoms with Gasteiger partial charge in [-0.1, -0.05) is 41.9 Å². The maximum Gasteiger partial charge on any atom is 0.490 e. The molecule has 1 fully saturated rings. The summed E-state index contributed by atoms with van der Waals surface area (Å²) in [5.74, 6) is -3.53. The highest BCUT2D eigenvalue weighted by Gasteiger charge is 2.52. The summed E-state index contributed by atoms with van der Waals surface area (Å²) >= 11 is 6.11. The van der Waals surface area contributed by atoms with Crippen LogP contribution >= 0.6 is 11.6 Å². The Morgan fingerprint density at radius 2 is 1.78 bits per heavy atom. The van der Waals surface area contributed by atoms with Crippen molar-refractivity contribution in [1.82, 2.24) is 15.2 Å². The van der Waals surface area contributed by atoms with Crippen LogP contribution in [0.25, 0.3) is 11.1 Å². The van der Waals surface area contributed by atoms with Gasteiger partial charge in [-0.2, -0.15) is 13.2 Å². The molecule has 2 heterocycles. The van der Waals surface area contributed by atoms with Gasteiger partial charge in [0.2, 0.25) is 5.91 Å². The van der Waals surface area contributed by atoms with Crippen molar-refractivity contribution in [1.29, 1.82) is 0 Å². The van der Waals surface area contributed by atoms with Crippen LogP contribution in [0.1, 0.15) is 35.1 Å². The Morgan fingerprint density at radius 1 is 1.10 bits per heavy atom. The molecule has 2 aliphatic rings. The molecule has 9 nitrogen and oxygen atoms in total. The monoisotopic (exact) mass is 590 g/mol. The molecule has 1 saturated heterocycles. The fourth-order valence-corrected chi connectivity index (χ4v) is 5.27. The number of alkyl halides is 3. The number of halogens is 4. The van der Waals surface area contributed by atoms with Crippen LogP contribution in [-0.2, 0) is 33.1 Å². The van der Waals surface area contributed by atoms with Gasteiger partial charge in [-0.25, -0.2) is 4.79 Å². The third-order valence-corrected chi connectivity index (χ3v) is 7.26. The van der Waals surface area contributed by atoms with E-state index in [1.54, 1.807) is 36.5 Å². The fourth-order valence-electron chi connectivity index (χ4n) is 5.08. The van der Waals surface area contributed by atoms with Crippen molar-refractivity contribution in [2.45, 2.75) is 43.8 Å². The van der Waals surface area contributed by atoms with Gasteiger partial charge in [0.05, 0.1) is 0 Å². The number of hydrogen-bond donors (Lipinski definition) is 4. The number of aromatic nitrogens is 1. The number of aliphatic carboxylic acids is 1. The summed E-state index contributed by atoms with van der Waals surface area (Å²) < 4.78 is 31.7. The number of fused-ring (bicyclic) bond motifs is 3. The van der Waals surface area contributed by atoms with Gasteiger partial charge in [-0.15, -0.1) is 0 Å². The molecule has 41 heavy (non-hydrogen) atoms. The summed E-state index contributed by atoms with van der Waals surface area (Å²) in [6, 6.07) is 13.8. The number of hydrogen-bond acceptors (Lipinski definition) is 6. The number of benzene rings is 2. The van der Waals surface area contributed by atoms with Crippen LogP contribution in [-0.4, -0.2) is 56.6 Å². The van der Waals surface area contributed by atoms with Crippen molar-refractivity contribution in [3.8, 4) is 11.1 Å². The van der Waals surface area contributed by atoms with E-state index < -0.39 is 29.7 Å². The van der Waals surface area contributed by atoms with Gasteiger partial charge in [0.25, 0.3) is 5.91 Å². The Balaban J connectivity index is 0.000000493. The zero-order valence-electron chi connectivity index (χ0n) is 21.5. The van der Waals surface area contributed by atoms with Crippen molar-refractivity contribution in [3.05, 3.63) is 88.2 Å². The van der Waals surface area contributed by atoms with Gasteiger partial charge in [-0.3, -0.25) is 14.6 Å². The Labute approximate surface area is 237 Å². The van der Waals surface area contributed by atoms with E-state index in [9.17, 15) is 27.9 Å². The summed E-state index contributed by atoms with van der Waals surface area (Å²) in [6.07, 6.45) is -0.712. The lowest BCUT2D eigenvalue weighted by Gasteiger charge is -2.32. The Kier molecular flexibility index (Phi) is 8.66. The molecular weight excluding hydrogens is 565 g/mol. The first-order valence-electron chi connectivity index (χ1n) is 12.5. The van der Waals surface area contributed by atoms with E-state index >= 15 is 0 Å². The number of carbonyl (C=O) groups excluding carboxylic acids is 2. The number of rotatable bonds is 5. The number of carboxylic acids is 1. The van der Waals surface area contributed by atoms with Crippen molar-refractivity contribution < 1.29 is 37.8 Å². The van der Waals surface area contributed by atoms with E-state index in [-0.39, 0.29) is 12.5 Å². The van der Waals surface area contributed by atoms with Crippen LogP contribution in [0.15, 0.2) is 60.9 Å². The molecule has 2 amide bonds. The first-order chi connectivity index (χ1) is 19.4. The average molecular weight is 591 g/mol. The summed E-state index contributed by atoms with van der Waals surface area (Å²) in [5, 5.41) is 22.5. The van der Waals surface area contributed by atoms with Gasteiger partial charge >= 0.3 is 12.1 Å². The predicted molar refractivity (Wildman–Crippen MR) is 142 cm³/mol. The van der Waals surface area contributed by atoms with Gasteiger partial charge in [0, 0.05) is 48.2 Å². The van der Waals surface area contributed by atoms with Crippen molar-refractivity contribution in [2.75, 3.05) is 6.54 Å². The highest BCUT2D eigenvalue weighted by molar-refractivity contribution is 6.30. The van der Waals surface area contributed by atoms with E-state index in [0.29, 0.717) is 42.1 Å². The van der Waals surface area contributed by atoms with E-state index in [1.165, 1.54) is 11.1 Å². The van der Waals surface area contributed by atoms with E-state index in [4.69, 9.17) is 27.2 Å². The minimum absolute atomic E-state index is 0.254. The Bertz CT molecular complexity index is 1440. The van der Waals surface area contributed by atoms with Gasteiger partial charge in [0.1, 0.15) is 6.04 Å². The number of likely N-dealkylation sites (tertiary alicyclic amines) is 1. The molecule has 1 unspecified atom stereocenters. The maximum absolute atomic E-state index is 13.9. The lowest BCUT2D eigenvalue weighted by molar-refractivity contribution is -0.192. The molecule has 0 bridgehead atoms. The molecule has 1 aliphatic carbocycles. The van der Waals surface area contributed by atoms with Gasteiger partial charge in [-0.05, 0) is 53.3 Å². The van der Waals surface area contributed by atoms with Crippen LogP contribution in [0.5, 0.6) is 0 Å². The van der Waals surface area contributed by atoms with Crippen LogP contribution < -0.4 is 11.1 Å². The van der Waals surface area contributed by atoms with E-state index in [0.717, 1.165) is 22.3 Å². The quantitative estimate of drug-likeness (QED) is 0.356. The molecule has 1 aliphatic heterocycles. The predicted octanol–water partition coefficient (Wildman–Crippen LogP) is 3.35. The first-order valence-corrected chi connectivity index (χ1v) is 12.9. The van der Waals surface area contributed by atoms with Crippen molar-refractivity contribution in [3.63, 3.8) is 0 Å². The minimum atomic E-state index is -5.08. The number of carboxylic acid groups (broad SMARTS) is 1. The molecule has 0 saturated carbocycles. The lowest BCUT2D eigenvalue weighted by Crippen LogP contribution is -2.52. The number of pyridine rings is 1. The normalized spacial score (nSPS) is 19.1. The number of nitrogens with two attached hydrogens (primary N) is 1. The number of carbonyl (C=O) groups is 3. The van der Waals surface area contributed by atoms with Crippen LogP contribution in [0, 0.1) is 0 Å². The van der Waals surface area contributed by atoms with E-state index in [1.807, 2.05) is 18.2 Å². The highest BCUT2D eigenvalue weighted by atomic mass is 35.5. The van der Waals surface area contributed by atoms with Crippen LogP contribution in [0.3, 0.4) is 0 Å². The topological polar surface area (TPSA) is 146 Å². The Morgan fingerprint density at radius 3 is 2.46 bits per heavy atom. The third kappa shape index (κ3) is 5.90. The van der Waals surface area contributed by atoms with Gasteiger partial charge < -0.3 is 26.2 Å². The minimum Gasteiger partial charge on any atom is -0.475 e. The van der Waals surface area contributed by atoms with Crippen molar-refractivity contribution in [2.24, 2.45) is 5.73 Å². The second kappa shape index (κ2) is 11.9. The second-order valence-corrected chi connectivity index (χ2v) is 9.91. The maximum atomic E-state index is 13.9. The molecule has 216 valence electrons. The van der Waals surface area contributed by atoms with Crippen molar-refractivity contribution >= 4 is 29.4 Å². The fraction of sp³-hybridized carbons (Fsp3) is 0.286. The molecule has 1 aromatic heterocycles. The number of amides is 2. The molecule has 2 aromatic carbocycles. The molecular formula is C28H26ClF3N4O5. The first kappa shape index (κ1) is 30.0. The molecule has 5 rings (SSSR count). The van der Waals surface area contributed by atoms with Crippen LogP contribution in [0.4, 0.5) is 13.2 Å². The van der Waals surface area contributed by atoms with Gasteiger partial charge in [0.15, 0.2) is 5.60 Å². The molecule has 13 heteroatoms. The molecule has 0 radical (unpaired) electrons. The zero-order chi connectivity index (χ0) is 29.9. The summed E-state index contributed by atoms with van der Waals surface area (Å²) in [6.45, 7) is 0.975. The summed E-state index contributed by atoms with van der Waals surface area (Å²) in [4.78, 5) is 41.6. The zero-order valence-corrected chi connectivity index (χ0v) is 22.2. The second-order valence-electron chi connectivity index (χ2n) is 9.47. The average Bonchev–Trinajstić information content (AvgIpc) is 3.54. The number of nitrogens with one attached hydrogen (secondary N) is 1. The third-order valence-electron chi connectivity index (χ3n) is 7.03. The molecule has 0 spiro atoms. The Hall–Kier alpha value is -4.00. The molecule has 3 aromatic rings. The highest BCUT2D eigenvalue weighted by Crippen LogP contribution is 2.48. The van der Waals surface area contributed by atoms with Crippen LogP contribution in [0.2, 0.25) is 5.02 Å². The lowest BCUT2D eigenvalue weighted by atomic mass is 9.90. The van der Waals surface area contributed by atoms with E-state index in [2.05, 4.69) is 10.3 Å². The summed E-state index contributed by atoms with van der Waals surface area (Å²) in [7, 11) is 0. The molecule has 2 atom stereocenters.